The van der Waals surface area contributed by atoms with Crippen LogP contribution in [0, 0.1) is 6.92 Å². The van der Waals surface area contributed by atoms with Gasteiger partial charge in [-0.25, -0.2) is 0 Å². The zero-order chi connectivity index (χ0) is 18.8. The third kappa shape index (κ3) is 3.65. The molecule has 6 heteroatoms. The van der Waals surface area contributed by atoms with E-state index < -0.39 is 0 Å². The maximum Gasteiger partial charge on any atom is 0.272 e. The first-order chi connectivity index (χ1) is 13.1. The Morgan fingerprint density at radius 2 is 1.78 bits per heavy atom. The summed E-state index contributed by atoms with van der Waals surface area (Å²) in [7, 11) is 1.79. The fourth-order valence-corrected chi connectivity index (χ4v) is 3.24. The van der Waals surface area contributed by atoms with E-state index in [9.17, 15) is 4.79 Å². The van der Waals surface area contributed by atoms with Gasteiger partial charge < -0.3 is 14.4 Å². The first kappa shape index (κ1) is 17.1. The Kier molecular flexibility index (Phi) is 4.54. The second-order valence-electron chi connectivity index (χ2n) is 6.63. The highest BCUT2D eigenvalue weighted by Gasteiger charge is 2.22. The van der Waals surface area contributed by atoms with Gasteiger partial charge in [-0.15, -0.1) is 0 Å². The Balaban J connectivity index is 1.63. The van der Waals surface area contributed by atoms with Crippen LogP contribution in [0.1, 0.15) is 27.3 Å². The summed E-state index contributed by atoms with van der Waals surface area (Å²) in [5.41, 5.74) is 3.46. The van der Waals surface area contributed by atoms with Gasteiger partial charge in [-0.05, 0) is 36.2 Å². The Hall–Kier alpha value is -3.28. The standard InChI is InChI=1S/C21H21N3O3/c1-15-10-18(23(2)22-15)21(25)24(12-16-6-4-3-5-7-16)13-17-8-9-19-20(11-17)27-14-26-19/h3-11H,12-14H2,1-2H3. The molecule has 3 aromatic rings. The SMILES string of the molecule is Cc1cc(C(=O)N(Cc2ccccc2)Cc2ccc3c(c2)OCO3)n(C)n1. The fraction of sp³-hybridized carbons (Fsp3) is 0.238. The summed E-state index contributed by atoms with van der Waals surface area (Å²) < 4.78 is 12.5. The summed E-state index contributed by atoms with van der Waals surface area (Å²) in [4.78, 5) is 15.1. The van der Waals surface area contributed by atoms with Crippen LogP contribution in [0.3, 0.4) is 0 Å². The third-order valence-electron chi connectivity index (χ3n) is 4.53. The van der Waals surface area contributed by atoms with E-state index >= 15 is 0 Å². The second kappa shape index (κ2) is 7.15. The number of ether oxygens (including phenoxy) is 2. The minimum absolute atomic E-state index is 0.0559. The van der Waals surface area contributed by atoms with Crippen molar-refractivity contribution in [2.24, 2.45) is 7.05 Å². The Morgan fingerprint density at radius 3 is 2.52 bits per heavy atom. The lowest BCUT2D eigenvalue weighted by atomic mass is 10.1. The van der Waals surface area contributed by atoms with Crippen LogP contribution >= 0.6 is 0 Å². The lowest BCUT2D eigenvalue weighted by Gasteiger charge is -2.23. The van der Waals surface area contributed by atoms with Gasteiger partial charge in [0.15, 0.2) is 11.5 Å². The molecule has 0 saturated carbocycles. The van der Waals surface area contributed by atoms with Crippen molar-refractivity contribution in [1.82, 2.24) is 14.7 Å². The molecular weight excluding hydrogens is 342 g/mol. The van der Waals surface area contributed by atoms with Crippen LogP contribution in [0.2, 0.25) is 0 Å². The smallest absolute Gasteiger partial charge is 0.272 e. The first-order valence-corrected chi connectivity index (χ1v) is 8.82. The van der Waals surface area contributed by atoms with Crippen LogP contribution < -0.4 is 9.47 Å². The summed E-state index contributed by atoms with van der Waals surface area (Å²) in [6.45, 7) is 3.10. The number of aromatic nitrogens is 2. The molecule has 2 heterocycles. The van der Waals surface area contributed by atoms with Crippen LogP contribution in [0.5, 0.6) is 11.5 Å². The average Bonchev–Trinajstić information content (AvgIpc) is 3.26. The van der Waals surface area contributed by atoms with E-state index in [-0.39, 0.29) is 12.7 Å². The van der Waals surface area contributed by atoms with E-state index in [2.05, 4.69) is 5.10 Å². The van der Waals surface area contributed by atoms with Crippen LogP contribution in [-0.4, -0.2) is 27.4 Å². The molecule has 27 heavy (non-hydrogen) atoms. The Labute approximate surface area is 157 Å². The van der Waals surface area contributed by atoms with Crippen molar-refractivity contribution in [2.75, 3.05) is 6.79 Å². The summed E-state index contributed by atoms with van der Waals surface area (Å²) >= 11 is 0. The molecule has 0 saturated heterocycles. The first-order valence-electron chi connectivity index (χ1n) is 8.82. The topological polar surface area (TPSA) is 56.6 Å². The number of benzene rings is 2. The molecule has 0 aliphatic carbocycles. The van der Waals surface area contributed by atoms with E-state index in [1.165, 1.54) is 0 Å². The van der Waals surface area contributed by atoms with Crippen LogP contribution in [0.4, 0.5) is 0 Å². The van der Waals surface area contributed by atoms with E-state index in [0.717, 1.165) is 28.3 Å². The molecule has 0 bridgehead atoms. The highest BCUT2D eigenvalue weighted by atomic mass is 16.7. The molecule has 0 fully saturated rings. The molecule has 0 atom stereocenters. The monoisotopic (exact) mass is 363 g/mol. The Morgan fingerprint density at radius 1 is 1.04 bits per heavy atom. The van der Waals surface area contributed by atoms with Gasteiger partial charge in [-0.3, -0.25) is 9.48 Å². The summed E-state index contributed by atoms with van der Waals surface area (Å²) in [6, 6.07) is 17.6. The maximum atomic E-state index is 13.2. The number of fused-ring (bicyclic) bond motifs is 1. The zero-order valence-electron chi connectivity index (χ0n) is 15.4. The van der Waals surface area contributed by atoms with Gasteiger partial charge in [0.2, 0.25) is 6.79 Å². The summed E-state index contributed by atoms with van der Waals surface area (Å²) in [5, 5.41) is 4.31. The van der Waals surface area contributed by atoms with Crippen molar-refractivity contribution in [3.63, 3.8) is 0 Å². The van der Waals surface area contributed by atoms with Crippen molar-refractivity contribution in [3.8, 4) is 11.5 Å². The van der Waals surface area contributed by atoms with Crippen molar-refractivity contribution >= 4 is 5.91 Å². The lowest BCUT2D eigenvalue weighted by molar-refractivity contribution is 0.0718. The van der Waals surface area contributed by atoms with E-state index in [4.69, 9.17) is 9.47 Å². The molecule has 4 rings (SSSR count). The molecule has 1 aliphatic heterocycles. The average molecular weight is 363 g/mol. The van der Waals surface area contributed by atoms with Gasteiger partial charge in [0.25, 0.3) is 5.91 Å². The van der Waals surface area contributed by atoms with Gasteiger partial charge >= 0.3 is 0 Å². The van der Waals surface area contributed by atoms with Gasteiger partial charge in [0.1, 0.15) is 5.69 Å². The van der Waals surface area contributed by atoms with Gasteiger partial charge in [0, 0.05) is 20.1 Å². The summed E-state index contributed by atoms with van der Waals surface area (Å²) in [5.74, 6) is 1.40. The highest BCUT2D eigenvalue weighted by molar-refractivity contribution is 5.92. The molecule has 2 aromatic carbocycles. The number of amides is 1. The fourth-order valence-electron chi connectivity index (χ4n) is 3.24. The van der Waals surface area contributed by atoms with Crippen LogP contribution in [0.25, 0.3) is 0 Å². The van der Waals surface area contributed by atoms with Gasteiger partial charge in [0.05, 0.1) is 5.69 Å². The number of aryl methyl sites for hydroxylation is 2. The molecule has 138 valence electrons. The zero-order valence-corrected chi connectivity index (χ0v) is 15.4. The molecule has 1 amide bonds. The Bertz CT molecular complexity index is 966. The second-order valence-corrected chi connectivity index (χ2v) is 6.63. The highest BCUT2D eigenvalue weighted by Crippen LogP contribution is 2.33. The number of hydrogen-bond acceptors (Lipinski definition) is 4. The lowest BCUT2D eigenvalue weighted by Crippen LogP contribution is -2.31. The van der Waals surface area contributed by atoms with Crippen LogP contribution in [0.15, 0.2) is 54.6 Å². The van der Waals surface area contributed by atoms with Crippen molar-refractivity contribution in [1.29, 1.82) is 0 Å². The summed E-state index contributed by atoms with van der Waals surface area (Å²) in [6.07, 6.45) is 0. The molecule has 0 radical (unpaired) electrons. The number of carbonyl (C=O) groups is 1. The minimum Gasteiger partial charge on any atom is -0.454 e. The van der Waals surface area contributed by atoms with E-state index in [1.807, 2.05) is 66.4 Å². The maximum absolute atomic E-state index is 13.2. The molecule has 1 aliphatic rings. The number of rotatable bonds is 5. The number of hydrogen-bond donors (Lipinski definition) is 0. The molecule has 0 unspecified atom stereocenters. The van der Waals surface area contributed by atoms with Crippen molar-refractivity contribution < 1.29 is 14.3 Å². The molecule has 0 spiro atoms. The van der Waals surface area contributed by atoms with Crippen molar-refractivity contribution in [2.45, 2.75) is 20.0 Å². The molecular formula is C21H21N3O3. The third-order valence-corrected chi connectivity index (χ3v) is 4.53. The van der Waals surface area contributed by atoms with Gasteiger partial charge in [-0.1, -0.05) is 36.4 Å². The predicted octanol–water partition coefficient (Wildman–Crippen LogP) is 3.30. The van der Waals surface area contributed by atoms with E-state index in [0.29, 0.717) is 18.8 Å². The number of carbonyl (C=O) groups excluding carboxylic acids is 1. The quantitative estimate of drug-likeness (QED) is 0.698. The minimum atomic E-state index is -0.0559. The predicted molar refractivity (Wildman–Crippen MR) is 101 cm³/mol. The van der Waals surface area contributed by atoms with E-state index in [1.54, 1.807) is 11.7 Å². The normalized spacial score (nSPS) is 12.2. The molecule has 0 N–H and O–H groups in total. The largest absolute Gasteiger partial charge is 0.454 e. The number of nitrogens with zero attached hydrogens (tertiary/aromatic N) is 3. The van der Waals surface area contributed by atoms with Crippen LogP contribution in [-0.2, 0) is 20.1 Å². The molecule has 1 aromatic heterocycles. The van der Waals surface area contributed by atoms with Crippen molar-refractivity contribution in [3.05, 3.63) is 77.1 Å². The van der Waals surface area contributed by atoms with Gasteiger partial charge in [-0.2, -0.15) is 5.10 Å². The molecule has 6 nitrogen and oxygen atoms in total.